The van der Waals surface area contributed by atoms with Crippen molar-refractivity contribution in [3.63, 3.8) is 0 Å². The van der Waals surface area contributed by atoms with Crippen LogP contribution in [0.5, 0.6) is 0 Å². The van der Waals surface area contributed by atoms with Gasteiger partial charge in [0.25, 0.3) is 0 Å². The molecule has 2 heteroatoms. The molecule has 0 aliphatic carbocycles. The number of hydrogen-bond acceptors (Lipinski definition) is 1. The van der Waals surface area contributed by atoms with E-state index >= 15 is 0 Å². The molecule has 0 fully saturated rings. The Morgan fingerprint density at radius 3 is 2.77 bits per heavy atom. The van der Waals surface area contributed by atoms with Gasteiger partial charge in [0.2, 0.25) is 0 Å². The van der Waals surface area contributed by atoms with Crippen LogP contribution < -0.4 is 0 Å². The van der Waals surface area contributed by atoms with Crippen LogP contribution in [-0.4, -0.2) is 4.98 Å². The van der Waals surface area contributed by atoms with Gasteiger partial charge in [0.1, 0.15) is 0 Å². The minimum atomic E-state index is 0.497. The van der Waals surface area contributed by atoms with E-state index in [2.05, 4.69) is 4.98 Å². The predicted molar refractivity (Wildman–Crippen MR) is 51.9 cm³/mol. The summed E-state index contributed by atoms with van der Waals surface area (Å²) in [6.07, 6.45) is 1.84. The molecule has 1 aromatic carbocycles. The molecule has 2 rings (SSSR count). The minimum absolute atomic E-state index is 0.497. The van der Waals surface area contributed by atoms with Gasteiger partial charge in [0.15, 0.2) is 0 Å². The van der Waals surface area contributed by atoms with E-state index < -0.39 is 0 Å². The van der Waals surface area contributed by atoms with Crippen molar-refractivity contribution < 1.29 is 4.39 Å². The van der Waals surface area contributed by atoms with E-state index in [1.54, 1.807) is 6.07 Å². The summed E-state index contributed by atoms with van der Waals surface area (Å²) >= 11 is 0. The second-order valence-corrected chi connectivity index (χ2v) is 2.72. The molecule has 0 atom stereocenters. The lowest BCUT2D eigenvalue weighted by Gasteiger charge is -1.96. The molecule has 1 heterocycles. The number of halogens is 1. The van der Waals surface area contributed by atoms with Crippen molar-refractivity contribution >= 4 is 17.0 Å². The third-order valence-electron chi connectivity index (χ3n) is 1.85. The van der Waals surface area contributed by atoms with E-state index in [-0.39, 0.29) is 0 Å². The molecule has 1 nitrogen and oxygen atoms in total. The number of hydrogen-bond donors (Lipinski definition) is 0. The second kappa shape index (κ2) is 3.35. The summed E-state index contributed by atoms with van der Waals surface area (Å²) in [7, 11) is 0. The van der Waals surface area contributed by atoms with Gasteiger partial charge in [-0.25, -0.2) is 9.37 Å². The largest absolute Gasteiger partial charge is 0.248 e. The summed E-state index contributed by atoms with van der Waals surface area (Å²) < 4.78 is 11.9. The molecule has 2 aromatic rings. The lowest BCUT2D eigenvalue weighted by molar-refractivity contribution is 0.727. The van der Waals surface area contributed by atoms with Gasteiger partial charge in [-0.3, -0.25) is 0 Å². The highest BCUT2D eigenvalue weighted by Gasteiger charge is 1.93. The SMILES string of the molecule is F/C=C/c1ccc2ccccc2n1. The van der Waals surface area contributed by atoms with Crippen LogP contribution in [0, 0.1) is 0 Å². The maximum atomic E-state index is 11.9. The van der Waals surface area contributed by atoms with Crippen molar-refractivity contribution in [3.05, 3.63) is 48.4 Å². The first-order valence-corrected chi connectivity index (χ1v) is 4.03. The van der Waals surface area contributed by atoms with Gasteiger partial charge >= 0.3 is 0 Å². The van der Waals surface area contributed by atoms with Crippen LogP contribution >= 0.6 is 0 Å². The fourth-order valence-electron chi connectivity index (χ4n) is 1.24. The van der Waals surface area contributed by atoms with Crippen molar-refractivity contribution in [1.29, 1.82) is 0 Å². The Morgan fingerprint density at radius 1 is 1.08 bits per heavy atom. The number of nitrogens with zero attached hydrogens (tertiary/aromatic N) is 1. The van der Waals surface area contributed by atoms with E-state index in [4.69, 9.17) is 0 Å². The monoisotopic (exact) mass is 173 g/mol. The van der Waals surface area contributed by atoms with Crippen molar-refractivity contribution in [1.82, 2.24) is 4.98 Å². The lowest BCUT2D eigenvalue weighted by atomic mass is 10.2. The molecule has 0 amide bonds. The first-order chi connectivity index (χ1) is 6.40. The number of benzene rings is 1. The molecular formula is C11H8FN. The molecule has 0 unspecified atom stereocenters. The molecule has 0 aliphatic heterocycles. The Morgan fingerprint density at radius 2 is 1.92 bits per heavy atom. The van der Waals surface area contributed by atoms with Crippen molar-refractivity contribution in [3.8, 4) is 0 Å². The van der Waals surface area contributed by atoms with E-state index in [1.165, 1.54) is 6.08 Å². The highest BCUT2D eigenvalue weighted by atomic mass is 19.1. The van der Waals surface area contributed by atoms with Gasteiger partial charge in [-0.05, 0) is 18.2 Å². The first-order valence-electron chi connectivity index (χ1n) is 4.03. The molecule has 0 N–H and O–H groups in total. The van der Waals surface area contributed by atoms with Crippen LogP contribution in [0.2, 0.25) is 0 Å². The molecule has 0 bridgehead atoms. The zero-order valence-corrected chi connectivity index (χ0v) is 6.94. The van der Waals surface area contributed by atoms with Crippen molar-refractivity contribution in [2.45, 2.75) is 0 Å². The van der Waals surface area contributed by atoms with Gasteiger partial charge in [-0.15, -0.1) is 0 Å². The van der Waals surface area contributed by atoms with Crippen LogP contribution in [0.15, 0.2) is 42.7 Å². The maximum Gasteiger partial charge on any atom is 0.0888 e. The Kier molecular flexibility index (Phi) is 2.04. The van der Waals surface area contributed by atoms with E-state index in [9.17, 15) is 4.39 Å². The summed E-state index contributed by atoms with van der Waals surface area (Å²) in [5.74, 6) is 0. The van der Waals surface area contributed by atoms with Crippen LogP contribution in [0.4, 0.5) is 4.39 Å². The number of rotatable bonds is 1. The van der Waals surface area contributed by atoms with Gasteiger partial charge in [-0.2, -0.15) is 0 Å². The molecule has 64 valence electrons. The Bertz CT molecular complexity index is 449. The molecule has 0 radical (unpaired) electrons. The summed E-state index contributed by atoms with van der Waals surface area (Å²) in [5.41, 5.74) is 1.53. The second-order valence-electron chi connectivity index (χ2n) is 2.72. The Hall–Kier alpha value is -1.70. The van der Waals surface area contributed by atoms with Gasteiger partial charge in [-0.1, -0.05) is 24.3 Å². The molecule has 0 saturated carbocycles. The summed E-state index contributed by atoms with van der Waals surface area (Å²) in [5, 5.41) is 1.07. The quantitative estimate of drug-likeness (QED) is 0.645. The third-order valence-corrected chi connectivity index (χ3v) is 1.85. The minimum Gasteiger partial charge on any atom is -0.248 e. The molecule has 0 spiro atoms. The highest BCUT2D eigenvalue weighted by Crippen LogP contribution is 2.12. The third kappa shape index (κ3) is 1.56. The summed E-state index contributed by atoms with van der Waals surface area (Å²) in [4.78, 5) is 4.24. The topological polar surface area (TPSA) is 12.9 Å². The fraction of sp³-hybridized carbons (Fsp3) is 0. The molecular weight excluding hydrogens is 165 g/mol. The predicted octanol–water partition coefficient (Wildman–Crippen LogP) is 3.18. The maximum absolute atomic E-state index is 11.9. The number of fused-ring (bicyclic) bond motifs is 1. The normalized spacial score (nSPS) is 11.2. The smallest absolute Gasteiger partial charge is 0.0888 e. The van der Waals surface area contributed by atoms with E-state index in [0.717, 1.165) is 10.9 Å². The Balaban J connectivity index is 2.62. The van der Waals surface area contributed by atoms with Crippen LogP contribution in [0.3, 0.4) is 0 Å². The van der Waals surface area contributed by atoms with E-state index in [0.29, 0.717) is 12.0 Å². The van der Waals surface area contributed by atoms with Crippen molar-refractivity contribution in [2.75, 3.05) is 0 Å². The van der Waals surface area contributed by atoms with Crippen LogP contribution in [-0.2, 0) is 0 Å². The standard InChI is InChI=1S/C11H8FN/c12-8-7-10-6-5-9-3-1-2-4-11(9)13-10/h1-8H/b8-7+. The Labute approximate surface area is 75.5 Å². The van der Waals surface area contributed by atoms with Gasteiger partial charge in [0, 0.05) is 5.39 Å². The highest BCUT2D eigenvalue weighted by molar-refractivity contribution is 5.79. The number of aromatic nitrogens is 1. The summed E-state index contributed by atoms with van der Waals surface area (Å²) in [6, 6.07) is 11.5. The van der Waals surface area contributed by atoms with Crippen LogP contribution in [0.25, 0.3) is 17.0 Å². The van der Waals surface area contributed by atoms with E-state index in [1.807, 2.05) is 30.3 Å². The zero-order valence-electron chi connectivity index (χ0n) is 6.94. The summed E-state index contributed by atoms with van der Waals surface area (Å²) in [6.45, 7) is 0. The molecule has 0 aliphatic rings. The number of pyridine rings is 1. The van der Waals surface area contributed by atoms with Gasteiger partial charge < -0.3 is 0 Å². The molecule has 13 heavy (non-hydrogen) atoms. The van der Waals surface area contributed by atoms with Crippen molar-refractivity contribution in [2.24, 2.45) is 0 Å². The average Bonchev–Trinajstić information content (AvgIpc) is 2.18. The molecule has 1 aromatic heterocycles. The fourth-order valence-corrected chi connectivity index (χ4v) is 1.24. The van der Waals surface area contributed by atoms with Crippen LogP contribution in [0.1, 0.15) is 5.69 Å². The van der Waals surface area contributed by atoms with Gasteiger partial charge in [0.05, 0.1) is 17.5 Å². The zero-order chi connectivity index (χ0) is 9.10. The molecule has 0 saturated heterocycles. The average molecular weight is 173 g/mol. The lowest BCUT2D eigenvalue weighted by Crippen LogP contribution is -1.81. The first kappa shape index (κ1) is 7.92. The number of para-hydroxylation sites is 1.